The third-order valence-corrected chi connectivity index (χ3v) is 6.24. The molecule has 0 aromatic heterocycles. The standard InChI is InChI=1S/C13H21FO2S/c14-7-2-1-6-13(15)10-8-11-4-3-5-12(9-10)17(11)16/h10-12H,1-9H2. The third kappa shape index (κ3) is 3.15. The summed E-state index contributed by atoms with van der Waals surface area (Å²) in [4.78, 5) is 12.0. The van der Waals surface area contributed by atoms with Gasteiger partial charge >= 0.3 is 0 Å². The van der Waals surface area contributed by atoms with Crippen molar-refractivity contribution >= 4 is 16.6 Å². The number of unbranched alkanes of at least 4 members (excludes halogenated alkanes) is 1. The highest BCUT2D eigenvalue weighted by molar-refractivity contribution is 7.86. The first-order valence-corrected chi connectivity index (χ1v) is 7.98. The van der Waals surface area contributed by atoms with Crippen LogP contribution in [0.2, 0.25) is 0 Å². The predicted molar refractivity (Wildman–Crippen MR) is 67.1 cm³/mol. The van der Waals surface area contributed by atoms with Crippen molar-refractivity contribution in [3.8, 4) is 0 Å². The van der Waals surface area contributed by atoms with Gasteiger partial charge in [-0.25, -0.2) is 0 Å². The van der Waals surface area contributed by atoms with Gasteiger partial charge in [0.05, 0.1) is 6.67 Å². The minimum absolute atomic E-state index is 0.114. The summed E-state index contributed by atoms with van der Waals surface area (Å²) in [7, 11) is -0.693. The van der Waals surface area contributed by atoms with Gasteiger partial charge in [0.1, 0.15) is 5.78 Å². The number of hydrogen-bond donors (Lipinski definition) is 0. The monoisotopic (exact) mass is 260 g/mol. The molecule has 2 fully saturated rings. The average molecular weight is 260 g/mol. The number of halogens is 1. The number of fused-ring (bicyclic) bond motifs is 2. The number of Topliss-reactive ketones (excluding diaryl/α,β-unsaturated/α-hetero) is 1. The van der Waals surface area contributed by atoms with Gasteiger partial charge in [-0.15, -0.1) is 0 Å². The largest absolute Gasteiger partial charge is 0.299 e. The van der Waals surface area contributed by atoms with E-state index in [1.807, 2.05) is 0 Å². The zero-order chi connectivity index (χ0) is 12.3. The van der Waals surface area contributed by atoms with E-state index in [-0.39, 0.29) is 28.9 Å². The summed E-state index contributed by atoms with van der Waals surface area (Å²) in [6, 6.07) is 0. The van der Waals surface area contributed by atoms with Gasteiger partial charge in [0, 0.05) is 33.6 Å². The van der Waals surface area contributed by atoms with Crippen LogP contribution in [0.25, 0.3) is 0 Å². The fourth-order valence-electron chi connectivity index (χ4n) is 3.09. The molecule has 0 aliphatic carbocycles. The highest BCUT2D eigenvalue weighted by Gasteiger charge is 2.39. The van der Waals surface area contributed by atoms with Crippen LogP contribution in [0.5, 0.6) is 0 Å². The third-order valence-electron chi connectivity index (χ3n) is 4.07. The van der Waals surface area contributed by atoms with E-state index in [0.29, 0.717) is 19.3 Å². The molecule has 2 saturated heterocycles. The maximum absolute atomic E-state index is 12.0. The van der Waals surface area contributed by atoms with E-state index in [2.05, 4.69) is 0 Å². The Morgan fingerprint density at radius 1 is 1.18 bits per heavy atom. The number of ketones is 1. The molecule has 4 heteroatoms. The summed E-state index contributed by atoms with van der Waals surface area (Å²) in [6.45, 7) is -0.326. The molecule has 2 aliphatic heterocycles. The Balaban J connectivity index is 1.86. The van der Waals surface area contributed by atoms with Crippen molar-refractivity contribution in [2.45, 2.75) is 61.9 Å². The minimum Gasteiger partial charge on any atom is -0.299 e. The molecule has 2 rings (SSSR count). The van der Waals surface area contributed by atoms with Crippen molar-refractivity contribution in [1.29, 1.82) is 0 Å². The van der Waals surface area contributed by atoms with Crippen LogP contribution in [-0.2, 0) is 15.6 Å². The number of hydrogen-bond acceptors (Lipinski definition) is 2. The zero-order valence-corrected chi connectivity index (χ0v) is 11.0. The van der Waals surface area contributed by atoms with Crippen molar-refractivity contribution in [3.05, 3.63) is 0 Å². The van der Waals surface area contributed by atoms with Gasteiger partial charge in [-0.05, 0) is 38.5 Å². The lowest BCUT2D eigenvalue weighted by atomic mass is 9.85. The van der Waals surface area contributed by atoms with Gasteiger partial charge < -0.3 is 0 Å². The molecule has 0 radical (unpaired) electrons. The molecule has 0 amide bonds. The maximum Gasteiger partial charge on any atom is 0.136 e. The topological polar surface area (TPSA) is 34.1 Å². The van der Waals surface area contributed by atoms with E-state index >= 15 is 0 Å². The molecule has 2 aliphatic rings. The number of alkyl halides is 1. The van der Waals surface area contributed by atoms with Gasteiger partial charge in [0.15, 0.2) is 0 Å². The van der Waals surface area contributed by atoms with Crippen LogP contribution >= 0.6 is 0 Å². The predicted octanol–water partition coefficient (Wildman–Crippen LogP) is 2.78. The second kappa shape index (κ2) is 6.07. The van der Waals surface area contributed by atoms with Crippen molar-refractivity contribution in [1.82, 2.24) is 0 Å². The highest BCUT2D eigenvalue weighted by Crippen LogP contribution is 2.37. The molecule has 0 aromatic carbocycles. The fraction of sp³-hybridized carbons (Fsp3) is 0.923. The first kappa shape index (κ1) is 13.2. The lowest BCUT2D eigenvalue weighted by Gasteiger charge is -2.37. The molecule has 2 bridgehead atoms. The van der Waals surface area contributed by atoms with E-state index in [4.69, 9.17) is 0 Å². The number of rotatable bonds is 5. The van der Waals surface area contributed by atoms with Gasteiger partial charge in [-0.1, -0.05) is 6.42 Å². The molecule has 17 heavy (non-hydrogen) atoms. The Morgan fingerprint density at radius 3 is 2.41 bits per heavy atom. The average Bonchev–Trinajstić information content (AvgIpc) is 2.28. The number of carbonyl (C=O) groups excluding carboxylic acids is 1. The van der Waals surface area contributed by atoms with Crippen molar-refractivity contribution in [2.24, 2.45) is 5.92 Å². The fourth-order valence-corrected chi connectivity index (χ4v) is 5.28. The Kier molecular flexibility index (Phi) is 4.71. The van der Waals surface area contributed by atoms with Crippen LogP contribution in [0.4, 0.5) is 4.39 Å². The highest BCUT2D eigenvalue weighted by atomic mass is 32.2. The lowest BCUT2D eigenvalue weighted by Crippen LogP contribution is -2.41. The molecule has 0 N–H and O–H groups in total. The van der Waals surface area contributed by atoms with E-state index < -0.39 is 10.8 Å². The van der Waals surface area contributed by atoms with Crippen LogP contribution in [-0.4, -0.2) is 27.2 Å². The zero-order valence-electron chi connectivity index (χ0n) is 10.2. The molecular weight excluding hydrogens is 239 g/mol. The molecule has 0 aromatic rings. The van der Waals surface area contributed by atoms with E-state index in [0.717, 1.165) is 25.7 Å². The van der Waals surface area contributed by atoms with Gasteiger partial charge in [-0.2, -0.15) is 0 Å². The van der Waals surface area contributed by atoms with Crippen LogP contribution < -0.4 is 0 Å². The summed E-state index contributed by atoms with van der Waals surface area (Å²) < 4.78 is 24.0. The van der Waals surface area contributed by atoms with Gasteiger partial charge in [0.2, 0.25) is 0 Å². The molecule has 0 saturated carbocycles. The first-order chi connectivity index (χ1) is 8.22. The summed E-state index contributed by atoms with van der Waals surface area (Å²) in [6.07, 6.45) is 6.54. The summed E-state index contributed by atoms with van der Waals surface area (Å²) in [5.74, 6) is 0.398. The van der Waals surface area contributed by atoms with Crippen molar-refractivity contribution in [2.75, 3.05) is 6.67 Å². The summed E-state index contributed by atoms with van der Waals surface area (Å²) in [5, 5.41) is 0.523. The second-order valence-electron chi connectivity index (χ2n) is 5.28. The van der Waals surface area contributed by atoms with E-state index in [9.17, 15) is 13.4 Å². The van der Waals surface area contributed by atoms with Crippen molar-refractivity contribution in [3.63, 3.8) is 0 Å². The molecule has 2 atom stereocenters. The van der Waals surface area contributed by atoms with Crippen LogP contribution in [0.15, 0.2) is 0 Å². The molecule has 98 valence electrons. The first-order valence-electron chi connectivity index (χ1n) is 6.70. The Bertz CT molecular complexity index is 290. The molecule has 2 heterocycles. The second-order valence-corrected chi connectivity index (χ2v) is 7.27. The van der Waals surface area contributed by atoms with E-state index in [1.54, 1.807) is 0 Å². The smallest absolute Gasteiger partial charge is 0.136 e. The van der Waals surface area contributed by atoms with Crippen LogP contribution in [0.3, 0.4) is 0 Å². The normalized spacial score (nSPS) is 36.8. The van der Waals surface area contributed by atoms with Gasteiger partial charge in [0.25, 0.3) is 0 Å². The van der Waals surface area contributed by atoms with Crippen LogP contribution in [0.1, 0.15) is 51.4 Å². The molecule has 0 spiro atoms. The van der Waals surface area contributed by atoms with E-state index in [1.165, 1.54) is 6.42 Å². The lowest BCUT2D eigenvalue weighted by molar-refractivity contribution is -0.123. The molecule has 2 unspecified atom stereocenters. The van der Waals surface area contributed by atoms with Crippen molar-refractivity contribution < 1.29 is 13.4 Å². The quantitative estimate of drug-likeness (QED) is 0.712. The van der Waals surface area contributed by atoms with Gasteiger partial charge in [-0.3, -0.25) is 13.4 Å². The minimum atomic E-state index is -0.693. The Morgan fingerprint density at radius 2 is 1.82 bits per heavy atom. The summed E-state index contributed by atoms with van der Waals surface area (Å²) >= 11 is 0. The van der Waals surface area contributed by atoms with Crippen LogP contribution in [0, 0.1) is 5.92 Å². The SMILES string of the molecule is O=C(CCCCF)C1CC2CCCC(C1)S2=O. The number of carbonyl (C=O) groups is 1. The maximum atomic E-state index is 12.0. The molecular formula is C13H21FO2S. The Hall–Kier alpha value is -0.250. The Labute approximate surface area is 105 Å². The molecule has 2 nitrogen and oxygen atoms in total. The summed E-state index contributed by atoms with van der Waals surface area (Å²) in [5.41, 5.74) is 0.